The van der Waals surface area contributed by atoms with Gasteiger partial charge in [-0.2, -0.15) is 0 Å². The lowest BCUT2D eigenvalue weighted by Gasteiger charge is -2.30. The van der Waals surface area contributed by atoms with Gasteiger partial charge in [0.2, 0.25) is 0 Å². The lowest BCUT2D eigenvalue weighted by Crippen LogP contribution is -2.22. The van der Waals surface area contributed by atoms with Crippen LogP contribution in [-0.4, -0.2) is 0 Å². The first-order valence-corrected chi connectivity index (χ1v) is 4.58. The van der Waals surface area contributed by atoms with Crippen LogP contribution >= 0.6 is 0 Å². The third kappa shape index (κ3) is 0.500. The van der Waals surface area contributed by atoms with Gasteiger partial charge in [-0.05, 0) is 35.5 Å². The Labute approximate surface area is 64.0 Å². The Kier molecular flexibility index (Phi) is 1.07. The van der Waals surface area contributed by atoms with E-state index in [2.05, 4.69) is 27.7 Å². The van der Waals surface area contributed by atoms with Crippen molar-refractivity contribution in [2.45, 2.75) is 34.1 Å². The van der Waals surface area contributed by atoms with Crippen molar-refractivity contribution < 1.29 is 0 Å². The van der Waals surface area contributed by atoms with Gasteiger partial charge in [0.15, 0.2) is 0 Å². The molecule has 0 aromatic heterocycles. The Morgan fingerprint density at radius 1 is 1.40 bits per heavy atom. The maximum absolute atomic E-state index is 2.48. The minimum absolute atomic E-state index is 0.786. The summed E-state index contributed by atoms with van der Waals surface area (Å²) in [7, 11) is 0. The quantitative estimate of drug-likeness (QED) is 0.522. The second-order valence-electron chi connectivity index (χ2n) is 4.88. The summed E-state index contributed by atoms with van der Waals surface area (Å²) in [5.41, 5.74) is 0.786. The number of hydrogen-bond donors (Lipinski definition) is 0. The van der Waals surface area contributed by atoms with Crippen molar-refractivity contribution in [3.8, 4) is 0 Å². The zero-order valence-corrected chi connectivity index (χ0v) is 7.52. The fraction of sp³-hybridized carbons (Fsp3) is 1.00. The Morgan fingerprint density at radius 3 is 2.10 bits per heavy atom. The molecule has 0 amide bonds. The van der Waals surface area contributed by atoms with Crippen LogP contribution in [0.15, 0.2) is 0 Å². The first-order chi connectivity index (χ1) is 4.58. The number of hydrogen-bond acceptors (Lipinski definition) is 0. The molecule has 0 heteroatoms. The number of fused-ring (bicyclic) bond motifs is 1. The molecule has 2 rings (SSSR count). The molecular formula is C10H18. The highest BCUT2D eigenvalue weighted by Gasteiger charge is 2.71. The Morgan fingerprint density at radius 2 is 2.00 bits per heavy atom. The lowest BCUT2D eigenvalue weighted by atomic mass is 9.75. The first-order valence-electron chi connectivity index (χ1n) is 4.58. The van der Waals surface area contributed by atoms with Gasteiger partial charge in [-0.15, -0.1) is 0 Å². The van der Waals surface area contributed by atoms with Crippen LogP contribution in [0.4, 0.5) is 0 Å². The van der Waals surface area contributed by atoms with Crippen LogP contribution in [0.5, 0.6) is 0 Å². The predicted octanol–water partition coefficient (Wildman–Crippen LogP) is 2.93. The van der Waals surface area contributed by atoms with Crippen LogP contribution in [0, 0.1) is 29.1 Å². The van der Waals surface area contributed by atoms with Crippen molar-refractivity contribution in [3.63, 3.8) is 0 Å². The van der Waals surface area contributed by atoms with Gasteiger partial charge >= 0.3 is 0 Å². The van der Waals surface area contributed by atoms with Crippen LogP contribution in [0.1, 0.15) is 34.1 Å². The Balaban J connectivity index is 2.08. The molecule has 2 aliphatic carbocycles. The lowest BCUT2D eigenvalue weighted by molar-refractivity contribution is 0.193. The summed E-state index contributed by atoms with van der Waals surface area (Å²) >= 11 is 0. The van der Waals surface area contributed by atoms with E-state index >= 15 is 0 Å². The fourth-order valence-corrected chi connectivity index (χ4v) is 3.41. The van der Waals surface area contributed by atoms with Gasteiger partial charge in [0.1, 0.15) is 0 Å². The highest BCUT2D eigenvalue weighted by atomic mass is 14.8. The molecule has 0 N–H and O–H groups in total. The molecule has 0 saturated heterocycles. The second kappa shape index (κ2) is 1.60. The summed E-state index contributed by atoms with van der Waals surface area (Å²) in [5, 5.41) is 0. The molecule has 0 spiro atoms. The summed E-state index contributed by atoms with van der Waals surface area (Å²) in [4.78, 5) is 0. The minimum atomic E-state index is 0.786. The molecular weight excluding hydrogens is 120 g/mol. The zero-order chi connectivity index (χ0) is 7.52. The Hall–Kier alpha value is 0. The highest BCUT2D eigenvalue weighted by Crippen LogP contribution is 2.76. The molecule has 4 unspecified atom stereocenters. The van der Waals surface area contributed by atoms with Crippen molar-refractivity contribution in [1.82, 2.24) is 0 Å². The van der Waals surface area contributed by atoms with Crippen molar-refractivity contribution in [3.05, 3.63) is 0 Å². The highest BCUT2D eigenvalue weighted by molar-refractivity contribution is 5.19. The molecule has 2 fully saturated rings. The second-order valence-corrected chi connectivity index (χ2v) is 4.88. The third-order valence-electron chi connectivity index (χ3n) is 4.23. The SMILES string of the molecule is CC(C)C1C2CC(C)C21C. The summed E-state index contributed by atoms with van der Waals surface area (Å²) in [6.07, 6.45) is 1.51. The standard InChI is InChI=1S/C10H18/c1-6(2)9-8-5-7(3)10(8,9)4/h6-9H,5H2,1-4H3. The van der Waals surface area contributed by atoms with Gasteiger partial charge in [-0.1, -0.05) is 27.7 Å². The van der Waals surface area contributed by atoms with Gasteiger partial charge in [0.05, 0.1) is 0 Å². The molecule has 58 valence electrons. The van der Waals surface area contributed by atoms with Gasteiger partial charge in [-0.3, -0.25) is 0 Å². The molecule has 0 radical (unpaired) electrons. The zero-order valence-electron chi connectivity index (χ0n) is 7.52. The van der Waals surface area contributed by atoms with Crippen molar-refractivity contribution in [2.75, 3.05) is 0 Å². The van der Waals surface area contributed by atoms with E-state index in [0.717, 1.165) is 29.1 Å². The normalized spacial score (nSPS) is 57.9. The van der Waals surface area contributed by atoms with E-state index < -0.39 is 0 Å². The van der Waals surface area contributed by atoms with Crippen LogP contribution in [0.3, 0.4) is 0 Å². The summed E-state index contributed by atoms with van der Waals surface area (Å²) in [6, 6.07) is 0. The average Bonchev–Trinajstić information content (AvgIpc) is 2.33. The maximum atomic E-state index is 2.48. The largest absolute Gasteiger partial charge is 0.0625 e. The summed E-state index contributed by atoms with van der Waals surface area (Å²) in [6.45, 7) is 9.65. The van der Waals surface area contributed by atoms with E-state index in [1.807, 2.05) is 0 Å². The molecule has 0 bridgehead atoms. The van der Waals surface area contributed by atoms with E-state index in [1.54, 1.807) is 0 Å². The molecule has 0 nitrogen and oxygen atoms in total. The van der Waals surface area contributed by atoms with E-state index in [0.29, 0.717) is 0 Å². The maximum Gasteiger partial charge on any atom is -0.0235 e. The van der Waals surface area contributed by atoms with Crippen molar-refractivity contribution >= 4 is 0 Å². The van der Waals surface area contributed by atoms with Crippen LogP contribution < -0.4 is 0 Å². The molecule has 0 heterocycles. The number of rotatable bonds is 1. The molecule has 0 aliphatic heterocycles. The van der Waals surface area contributed by atoms with Gasteiger partial charge in [0.25, 0.3) is 0 Å². The smallest absolute Gasteiger partial charge is 0.0235 e. The van der Waals surface area contributed by atoms with Crippen molar-refractivity contribution in [1.29, 1.82) is 0 Å². The molecule has 2 aliphatic rings. The minimum Gasteiger partial charge on any atom is -0.0625 e. The van der Waals surface area contributed by atoms with Crippen LogP contribution in [0.2, 0.25) is 0 Å². The molecule has 4 atom stereocenters. The summed E-state index contributed by atoms with van der Waals surface area (Å²) < 4.78 is 0. The van der Waals surface area contributed by atoms with E-state index in [9.17, 15) is 0 Å². The molecule has 0 aromatic carbocycles. The Bertz CT molecular complexity index is 159. The summed E-state index contributed by atoms with van der Waals surface area (Å²) in [5.74, 6) is 4.13. The fourth-order valence-electron chi connectivity index (χ4n) is 3.41. The van der Waals surface area contributed by atoms with E-state index in [4.69, 9.17) is 0 Å². The monoisotopic (exact) mass is 138 g/mol. The molecule has 10 heavy (non-hydrogen) atoms. The average molecular weight is 138 g/mol. The predicted molar refractivity (Wildman–Crippen MR) is 43.7 cm³/mol. The van der Waals surface area contributed by atoms with E-state index in [-0.39, 0.29) is 0 Å². The van der Waals surface area contributed by atoms with Crippen molar-refractivity contribution in [2.24, 2.45) is 29.1 Å². The van der Waals surface area contributed by atoms with Gasteiger partial charge < -0.3 is 0 Å². The molecule has 2 saturated carbocycles. The first kappa shape index (κ1) is 6.69. The molecule has 0 aromatic rings. The van der Waals surface area contributed by atoms with Crippen LogP contribution in [-0.2, 0) is 0 Å². The van der Waals surface area contributed by atoms with Gasteiger partial charge in [0, 0.05) is 0 Å². The third-order valence-corrected chi connectivity index (χ3v) is 4.23. The van der Waals surface area contributed by atoms with E-state index in [1.165, 1.54) is 6.42 Å². The van der Waals surface area contributed by atoms with Crippen LogP contribution in [0.25, 0.3) is 0 Å². The topological polar surface area (TPSA) is 0 Å². The van der Waals surface area contributed by atoms with Gasteiger partial charge in [-0.25, -0.2) is 0 Å².